The molecule has 1 saturated carbocycles. The molecule has 1 fully saturated rings. The number of rotatable bonds is 12. The minimum Gasteiger partial charge on any atom is -0.393 e. The van der Waals surface area contributed by atoms with Gasteiger partial charge in [0, 0.05) is 6.42 Å². The molecule has 1 unspecified atom stereocenters. The average molecular weight is 439 g/mol. The summed E-state index contributed by atoms with van der Waals surface area (Å²) in [5.74, 6) is 0.360. The third-order valence-corrected chi connectivity index (χ3v) is 7.01. The molecule has 0 radical (unpaired) electrons. The quantitative estimate of drug-likeness (QED) is 0.385. The molecule has 5 atom stereocenters. The van der Waals surface area contributed by atoms with E-state index in [1.807, 2.05) is 42.5 Å². The van der Waals surface area contributed by atoms with Crippen molar-refractivity contribution in [3.63, 3.8) is 0 Å². The fourth-order valence-electron chi connectivity index (χ4n) is 5.13. The van der Waals surface area contributed by atoms with Crippen LogP contribution in [0.1, 0.15) is 76.4 Å². The highest BCUT2D eigenvalue weighted by Gasteiger charge is 2.40. The lowest BCUT2D eigenvalue weighted by Crippen LogP contribution is -2.23. The van der Waals surface area contributed by atoms with Crippen molar-refractivity contribution >= 4 is 5.78 Å². The number of carbonyl (C=O) groups is 1. The van der Waals surface area contributed by atoms with E-state index in [-0.39, 0.29) is 17.6 Å². The van der Waals surface area contributed by atoms with Gasteiger partial charge < -0.3 is 20.1 Å². The fraction of sp³-hybridized carbons (Fsp3) is 0.536. The molecule has 0 heterocycles. The molecule has 174 valence electrons. The molecule has 32 heavy (non-hydrogen) atoms. The second kappa shape index (κ2) is 12.3. The van der Waals surface area contributed by atoms with Crippen LogP contribution in [-0.2, 0) is 4.79 Å². The van der Waals surface area contributed by atoms with Gasteiger partial charge in [-0.25, -0.2) is 0 Å². The van der Waals surface area contributed by atoms with E-state index in [2.05, 4.69) is 12.1 Å². The monoisotopic (exact) mass is 438 g/mol. The minimum absolute atomic E-state index is 0.0282. The van der Waals surface area contributed by atoms with E-state index < -0.39 is 18.3 Å². The number of hydrogen-bond acceptors (Lipinski definition) is 4. The highest BCUT2D eigenvalue weighted by molar-refractivity contribution is 5.75. The van der Waals surface area contributed by atoms with E-state index in [1.54, 1.807) is 6.92 Å². The summed E-state index contributed by atoms with van der Waals surface area (Å²) in [5.41, 5.74) is 3.17. The predicted octanol–water partition coefficient (Wildman–Crippen LogP) is 5.45. The van der Waals surface area contributed by atoms with Crippen LogP contribution in [0.15, 0.2) is 54.6 Å². The van der Waals surface area contributed by atoms with Crippen LogP contribution in [0.2, 0.25) is 0 Å². The number of aliphatic hydroxyl groups excluding tert-OH is 3. The number of Topliss-reactive ketones (excluding diaryl/α,β-unsaturated/α-hetero) is 1. The van der Waals surface area contributed by atoms with Crippen molar-refractivity contribution < 1.29 is 20.1 Å². The topological polar surface area (TPSA) is 77.8 Å². The van der Waals surface area contributed by atoms with Crippen molar-refractivity contribution in [3.8, 4) is 11.1 Å². The maximum Gasteiger partial charge on any atom is 0.129 e. The highest BCUT2D eigenvalue weighted by Crippen LogP contribution is 2.40. The second-order valence-corrected chi connectivity index (χ2v) is 9.43. The van der Waals surface area contributed by atoms with Gasteiger partial charge in [-0.15, -0.1) is 0 Å². The molecular formula is C28H38O4. The smallest absolute Gasteiger partial charge is 0.129 e. The Morgan fingerprint density at radius 3 is 2.09 bits per heavy atom. The van der Waals surface area contributed by atoms with Gasteiger partial charge in [-0.05, 0) is 67.6 Å². The number of aliphatic hydroxyl groups is 3. The molecule has 4 nitrogen and oxygen atoms in total. The third kappa shape index (κ3) is 6.99. The zero-order valence-electron chi connectivity index (χ0n) is 19.2. The van der Waals surface area contributed by atoms with Gasteiger partial charge in [0.1, 0.15) is 5.78 Å². The number of ketones is 1. The van der Waals surface area contributed by atoms with E-state index in [4.69, 9.17) is 0 Å². The van der Waals surface area contributed by atoms with Gasteiger partial charge in [0.15, 0.2) is 0 Å². The van der Waals surface area contributed by atoms with Crippen LogP contribution < -0.4 is 0 Å². The van der Waals surface area contributed by atoms with E-state index in [0.717, 1.165) is 48.8 Å². The average Bonchev–Trinajstić information content (AvgIpc) is 3.07. The lowest BCUT2D eigenvalue weighted by Gasteiger charge is -2.25. The van der Waals surface area contributed by atoms with Gasteiger partial charge in [-0.3, -0.25) is 0 Å². The van der Waals surface area contributed by atoms with Gasteiger partial charge in [0.05, 0.1) is 18.3 Å². The van der Waals surface area contributed by atoms with Crippen molar-refractivity contribution in [2.75, 3.05) is 0 Å². The van der Waals surface area contributed by atoms with Crippen LogP contribution in [0.5, 0.6) is 0 Å². The molecule has 1 aliphatic rings. The lowest BCUT2D eigenvalue weighted by molar-refractivity contribution is -0.117. The normalized spacial score (nSPS) is 23.9. The number of hydrogen-bond donors (Lipinski definition) is 3. The van der Waals surface area contributed by atoms with Crippen molar-refractivity contribution in [1.82, 2.24) is 0 Å². The van der Waals surface area contributed by atoms with Crippen LogP contribution in [0.25, 0.3) is 11.1 Å². The number of benzene rings is 2. The van der Waals surface area contributed by atoms with Crippen LogP contribution in [0.3, 0.4) is 0 Å². The summed E-state index contributed by atoms with van der Waals surface area (Å²) < 4.78 is 0. The van der Waals surface area contributed by atoms with Crippen molar-refractivity contribution in [2.45, 2.75) is 83.0 Å². The van der Waals surface area contributed by atoms with Gasteiger partial charge in [0.2, 0.25) is 0 Å². The van der Waals surface area contributed by atoms with E-state index >= 15 is 0 Å². The highest BCUT2D eigenvalue weighted by atomic mass is 16.3. The molecule has 0 saturated heterocycles. The summed E-state index contributed by atoms with van der Waals surface area (Å²) in [6.07, 6.45) is 5.75. The Balaban J connectivity index is 1.48. The largest absolute Gasteiger partial charge is 0.393 e. The lowest BCUT2D eigenvalue weighted by atomic mass is 9.84. The third-order valence-electron chi connectivity index (χ3n) is 7.01. The van der Waals surface area contributed by atoms with Gasteiger partial charge >= 0.3 is 0 Å². The predicted molar refractivity (Wildman–Crippen MR) is 128 cm³/mol. The maximum absolute atomic E-state index is 11.0. The van der Waals surface area contributed by atoms with Crippen LogP contribution in [0.4, 0.5) is 0 Å². The van der Waals surface area contributed by atoms with Gasteiger partial charge in [0.25, 0.3) is 0 Å². The molecule has 3 rings (SSSR count). The maximum atomic E-state index is 11.0. The first kappa shape index (κ1) is 24.6. The summed E-state index contributed by atoms with van der Waals surface area (Å²) in [5, 5.41) is 31.7. The standard InChI is InChI=1S/C28H38O4/c1-20(29)9-5-2-3-8-12-24-25(28(32)19-27(24)31)17-18-26(30)23-15-13-22(14-16-23)21-10-6-4-7-11-21/h4,6-7,10-11,13-16,24-28,30-32H,2-3,5,8-9,12,17-19H2,1H3/t24-,25-,26?,27+,28-/m1/s1. The Hall–Kier alpha value is -2.01. The minimum atomic E-state index is -0.572. The Labute approximate surface area is 192 Å². The summed E-state index contributed by atoms with van der Waals surface area (Å²) in [6, 6.07) is 18.2. The Morgan fingerprint density at radius 1 is 0.844 bits per heavy atom. The molecule has 3 N–H and O–H groups in total. The van der Waals surface area contributed by atoms with Gasteiger partial charge in [-0.1, -0.05) is 73.9 Å². The SMILES string of the molecule is CC(=O)CCCCCC[C@@H]1[C@@H](CCC(O)c2ccc(-c3ccccc3)cc2)[C@H](O)C[C@@H]1O. The summed E-state index contributed by atoms with van der Waals surface area (Å²) in [4.78, 5) is 11.0. The fourth-order valence-corrected chi connectivity index (χ4v) is 5.13. The van der Waals surface area contributed by atoms with Crippen molar-refractivity contribution in [3.05, 3.63) is 60.2 Å². The molecule has 0 spiro atoms. The number of unbranched alkanes of at least 4 members (excludes halogenated alkanes) is 3. The first-order valence-electron chi connectivity index (χ1n) is 12.1. The van der Waals surface area contributed by atoms with E-state index in [9.17, 15) is 20.1 Å². The molecule has 1 aliphatic carbocycles. The Bertz CT molecular complexity index is 817. The molecule has 0 aromatic heterocycles. The molecule has 2 aromatic rings. The summed E-state index contributed by atoms with van der Waals surface area (Å²) in [6.45, 7) is 1.63. The van der Waals surface area contributed by atoms with E-state index in [0.29, 0.717) is 25.7 Å². The van der Waals surface area contributed by atoms with Crippen LogP contribution in [0, 0.1) is 11.8 Å². The molecule has 2 aromatic carbocycles. The van der Waals surface area contributed by atoms with Crippen LogP contribution >= 0.6 is 0 Å². The van der Waals surface area contributed by atoms with Crippen molar-refractivity contribution in [2.24, 2.45) is 11.8 Å². The van der Waals surface area contributed by atoms with Gasteiger partial charge in [-0.2, -0.15) is 0 Å². The summed E-state index contributed by atoms with van der Waals surface area (Å²) in [7, 11) is 0. The number of carbonyl (C=O) groups excluding carboxylic acids is 1. The molecule has 0 amide bonds. The molecule has 4 heteroatoms. The first-order valence-corrected chi connectivity index (χ1v) is 12.1. The van der Waals surface area contributed by atoms with Crippen molar-refractivity contribution in [1.29, 1.82) is 0 Å². The zero-order valence-corrected chi connectivity index (χ0v) is 19.2. The molecule has 0 aliphatic heterocycles. The zero-order chi connectivity index (χ0) is 22.9. The second-order valence-electron chi connectivity index (χ2n) is 9.43. The summed E-state index contributed by atoms with van der Waals surface area (Å²) >= 11 is 0. The van der Waals surface area contributed by atoms with E-state index in [1.165, 1.54) is 0 Å². The Morgan fingerprint density at radius 2 is 1.44 bits per heavy atom. The first-order chi connectivity index (χ1) is 15.5. The molecular weight excluding hydrogens is 400 g/mol. The van der Waals surface area contributed by atoms with Crippen LogP contribution in [-0.4, -0.2) is 33.3 Å². The molecule has 0 bridgehead atoms. The Kier molecular flexibility index (Phi) is 9.46.